The SMILES string of the molecule is CC(C)(C)c1cccc(NCC(=O)C[C@@H]2CCCN(c3ncnc4[nH]ccc34)C2)c1. The summed E-state index contributed by atoms with van der Waals surface area (Å²) in [6.45, 7) is 8.81. The van der Waals surface area contributed by atoms with Crippen LogP contribution in [0.15, 0.2) is 42.9 Å². The van der Waals surface area contributed by atoms with E-state index in [2.05, 4.69) is 64.1 Å². The number of H-pyrrole nitrogens is 1. The minimum absolute atomic E-state index is 0.0964. The Hall–Kier alpha value is -2.89. The molecule has 3 heterocycles. The van der Waals surface area contributed by atoms with Crippen molar-refractivity contribution in [3.63, 3.8) is 0 Å². The van der Waals surface area contributed by atoms with E-state index < -0.39 is 0 Å². The first-order valence-electron chi connectivity index (χ1n) is 10.8. The Balaban J connectivity index is 1.34. The van der Waals surface area contributed by atoms with E-state index in [0.717, 1.165) is 48.5 Å². The van der Waals surface area contributed by atoms with Crippen LogP contribution in [-0.4, -0.2) is 40.4 Å². The maximum Gasteiger partial charge on any atom is 0.152 e. The van der Waals surface area contributed by atoms with Gasteiger partial charge < -0.3 is 15.2 Å². The van der Waals surface area contributed by atoms with E-state index in [1.807, 2.05) is 18.3 Å². The second-order valence-electron chi connectivity index (χ2n) is 9.32. The predicted octanol–water partition coefficient (Wildman–Crippen LogP) is 4.54. The highest BCUT2D eigenvalue weighted by molar-refractivity contribution is 5.87. The molecule has 0 spiro atoms. The van der Waals surface area contributed by atoms with Gasteiger partial charge >= 0.3 is 0 Å². The van der Waals surface area contributed by atoms with Crippen molar-refractivity contribution in [3.05, 3.63) is 48.4 Å². The average molecular weight is 406 g/mol. The van der Waals surface area contributed by atoms with Gasteiger partial charge in [-0.3, -0.25) is 4.79 Å². The van der Waals surface area contributed by atoms with Gasteiger partial charge in [0.05, 0.1) is 11.9 Å². The smallest absolute Gasteiger partial charge is 0.152 e. The molecule has 2 N–H and O–H groups in total. The Morgan fingerprint density at radius 2 is 2.13 bits per heavy atom. The minimum Gasteiger partial charge on any atom is -0.378 e. The molecule has 1 atom stereocenters. The van der Waals surface area contributed by atoms with Crippen LogP contribution in [0.3, 0.4) is 0 Å². The molecule has 0 radical (unpaired) electrons. The molecule has 1 aliphatic rings. The van der Waals surface area contributed by atoms with Crippen molar-refractivity contribution < 1.29 is 4.79 Å². The van der Waals surface area contributed by atoms with Crippen LogP contribution in [0.2, 0.25) is 0 Å². The minimum atomic E-state index is 0.0964. The molecule has 1 aromatic carbocycles. The fourth-order valence-electron chi connectivity index (χ4n) is 4.23. The van der Waals surface area contributed by atoms with Gasteiger partial charge in [0, 0.05) is 31.4 Å². The van der Waals surface area contributed by atoms with Crippen LogP contribution in [-0.2, 0) is 10.2 Å². The number of hydrogen-bond acceptors (Lipinski definition) is 5. The van der Waals surface area contributed by atoms with Gasteiger partial charge in [-0.15, -0.1) is 0 Å². The molecule has 1 fully saturated rings. The predicted molar refractivity (Wildman–Crippen MR) is 122 cm³/mol. The molecule has 3 aromatic rings. The lowest BCUT2D eigenvalue weighted by molar-refractivity contribution is -0.118. The summed E-state index contributed by atoms with van der Waals surface area (Å²) in [6.07, 6.45) is 6.27. The number of fused-ring (bicyclic) bond motifs is 1. The number of Topliss-reactive ketones (excluding diaryl/α,β-unsaturated/α-hetero) is 1. The molecule has 0 unspecified atom stereocenters. The molecule has 1 aliphatic heterocycles. The Morgan fingerprint density at radius 1 is 1.27 bits per heavy atom. The van der Waals surface area contributed by atoms with E-state index in [-0.39, 0.29) is 11.2 Å². The zero-order valence-corrected chi connectivity index (χ0v) is 18.1. The Morgan fingerprint density at radius 3 is 2.97 bits per heavy atom. The van der Waals surface area contributed by atoms with E-state index in [1.54, 1.807) is 6.33 Å². The van der Waals surface area contributed by atoms with Crippen molar-refractivity contribution in [1.29, 1.82) is 0 Å². The lowest BCUT2D eigenvalue weighted by Crippen LogP contribution is -2.37. The molecule has 4 rings (SSSR count). The van der Waals surface area contributed by atoms with Gasteiger partial charge in [0.15, 0.2) is 5.78 Å². The normalized spacial score (nSPS) is 17.3. The maximum absolute atomic E-state index is 12.7. The fraction of sp³-hybridized carbons (Fsp3) is 0.458. The number of benzene rings is 1. The summed E-state index contributed by atoms with van der Waals surface area (Å²) in [5, 5.41) is 4.37. The van der Waals surface area contributed by atoms with E-state index in [9.17, 15) is 4.79 Å². The van der Waals surface area contributed by atoms with Gasteiger partial charge in [0.1, 0.15) is 17.8 Å². The number of piperidine rings is 1. The van der Waals surface area contributed by atoms with E-state index in [4.69, 9.17) is 0 Å². The summed E-state index contributed by atoms with van der Waals surface area (Å²) in [6, 6.07) is 10.4. The van der Waals surface area contributed by atoms with Crippen LogP contribution in [0, 0.1) is 5.92 Å². The topological polar surface area (TPSA) is 73.9 Å². The quantitative estimate of drug-likeness (QED) is 0.630. The second-order valence-corrected chi connectivity index (χ2v) is 9.32. The standard InChI is InChI=1S/C24H31N5O/c1-24(2,3)18-7-4-8-19(13-18)26-14-20(30)12-17-6-5-11-29(15-17)23-21-9-10-25-22(21)27-16-28-23/h4,7-10,13,16-17,26H,5-6,11-12,14-15H2,1-3H3,(H,25,27,28)/t17-/m0/s1. The molecule has 0 saturated carbocycles. The summed E-state index contributed by atoms with van der Waals surface area (Å²) < 4.78 is 0. The van der Waals surface area contributed by atoms with Crippen molar-refractivity contribution in [2.24, 2.45) is 5.92 Å². The van der Waals surface area contributed by atoms with Gasteiger partial charge in [-0.05, 0) is 47.9 Å². The van der Waals surface area contributed by atoms with Gasteiger partial charge in [-0.25, -0.2) is 9.97 Å². The first-order valence-corrected chi connectivity index (χ1v) is 10.8. The van der Waals surface area contributed by atoms with Crippen LogP contribution in [0.1, 0.15) is 45.6 Å². The number of aromatic amines is 1. The summed E-state index contributed by atoms with van der Waals surface area (Å²) in [5.41, 5.74) is 3.24. The van der Waals surface area contributed by atoms with Crippen molar-refractivity contribution in [3.8, 4) is 0 Å². The number of carbonyl (C=O) groups excluding carboxylic acids is 1. The first kappa shape index (κ1) is 20.4. The van der Waals surface area contributed by atoms with Crippen LogP contribution >= 0.6 is 0 Å². The molecule has 0 bridgehead atoms. The highest BCUT2D eigenvalue weighted by atomic mass is 16.1. The van der Waals surface area contributed by atoms with E-state index >= 15 is 0 Å². The monoisotopic (exact) mass is 405 g/mol. The van der Waals surface area contributed by atoms with Gasteiger partial charge in [-0.1, -0.05) is 32.9 Å². The zero-order valence-electron chi connectivity index (χ0n) is 18.1. The number of nitrogens with zero attached hydrogens (tertiary/aromatic N) is 3. The van der Waals surface area contributed by atoms with Gasteiger partial charge in [0.25, 0.3) is 0 Å². The number of nitrogens with one attached hydrogen (secondary N) is 2. The lowest BCUT2D eigenvalue weighted by atomic mass is 9.87. The number of ketones is 1. The third-order valence-corrected chi connectivity index (χ3v) is 5.89. The molecular weight excluding hydrogens is 374 g/mol. The Kier molecular flexibility index (Phi) is 5.75. The molecule has 0 aliphatic carbocycles. The van der Waals surface area contributed by atoms with Gasteiger partial charge in [0.2, 0.25) is 0 Å². The first-order chi connectivity index (χ1) is 14.4. The van der Waals surface area contributed by atoms with E-state index in [1.165, 1.54) is 5.56 Å². The van der Waals surface area contributed by atoms with Crippen LogP contribution in [0.25, 0.3) is 11.0 Å². The Labute approximate surface area is 178 Å². The molecule has 30 heavy (non-hydrogen) atoms. The fourth-order valence-corrected chi connectivity index (χ4v) is 4.23. The number of rotatable bonds is 6. The second kappa shape index (κ2) is 8.46. The summed E-state index contributed by atoms with van der Waals surface area (Å²) in [5.74, 6) is 1.59. The van der Waals surface area contributed by atoms with Crippen molar-refractivity contribution in [2.75, 3.05) is 29.9 Å². The number of aromatic nitrogens is 3. The summed E-state index contributed by atoms with van der Waals surface area (Å²) >= 11 is 0. The van der Waals surface area contributed by atoms with Gasteiger partial charge in [-0.2, -0.15) is 0 Å². The number of carbonyl (C=O) groups is 1. The number of hydrogen-bond donors (Lipinski definition) is 2. The maximum atomic E-state index is 12.7. The van der Waals surface area contributed by atoms with Crippen LogP contribution in [0.4, 0.5) is 11.5 Å². The van der Waals surface area contributed by atoms with Crippen LogP contribution in [0.5, 0.6) is 0 Å². The highest BCUT2D eigenvalue weighted by Crippen LogP contribution is 2.28. The largest absolute Gasteiger partial charge is 0.378 e. The molecule has 2 aromatic heterocycles. The number of anilines is 2. The summed E-state index contributed by atoms with van der Waals surface area (Å²) in [4.78, 5) is 26.9. The molecule has 1 saturated heterocycles. The third-order valence-electron chi connectivity index (χ3n) is 5.89. The average Bonchev–Trinajstić information content (AvgIpc) is 3.21. The zero-order chi connectivity index (χ0) is 21.1. The van der Waals surface area contributed by atoms with Crippen LogP contribution < -0.4 is 10.2 Å². The molecule has 6 nitrogen and oxygen atoms in total. The third kappa shape index (κ3) is 4.64. The summed E-state index contributed by atoms with van der Waals surface area (Å²) in [7, 11) is 0. The van der Waals surface area contributed by atoms with Crippen molar-refractivity contribution in [1.82, 2.24) is 15.0 Å². The van der Waals surface area contributed by atoms with Crippen molar-refractivity contribution >= 4 is 28.3 Å². The molecule has 6 heteroatoms. The molecule has 158 valence electrons. The molecule has 0 amide bonds. The van der Waals surface area contributed by atoms with Crippen molar-refractivity contribution in [2.45, 2.75) is 45.4 Å². The lowest BCUT2D eigenvalue weighted by Gasteiger charge is -2.33. The molecular formula is C24H31N5O. The highest BCUT2D eigenvalue weighted by Gasteiger charge is 2.24. The van der Waals surface area contributed by atoms with E-state index in [0.29, 0.717) is 18.9 Å². The Bertz CT molecular complexity index is 1020.